The number of urea groups is 1. The number of benzene rings is 2. The molecular weight excluding hydrogens is 417 g/mol. The molecule has 1 saturated heterocycles. The number of rotatable bonds is 4. The van der Waals surface area contributed by atoms with Crippen LogP contribution in [0.15, 0.2) is 54.6 Å². The minimum absolute atomic E-state index is 0.0743. The summed E-state index contributed by atoms with van der Waals surface area (Å²) in [4.78, 5) is 34.1. The van der Waals surface area contributed by atoms with E-state index in [1.54, 1.807) is 6.92 Å². The molecule has 0 saturated carbocycles. The van der Waals surface area contributed by atoms with Crippen LogP contribution >= 0.6 is 11.3 Å². The molecule has 2 heterocycles. The SMILES string of the molecule is Cc1nc(NC(=O)Nc2ccc(F)cc2)sc1C(=O)N1CCN(c2ccccc2)CC1. The van der Waals surface area contributed by atoms with Gasteiger partial charge in [-0.15, -0.1) is 0 Å². The molecule has 1 aliphatic heterocycles. The molecule has 0 aliphatic carbocycles. The summed E-state index contributed by atoms with van der Waals surface area (Å²) in [6.07, 6.45) is 0. The molecule has 4 rings (SSSR count). The van der Waals surface area contributed by atoms with E-state index in [1.165, 1.54) is 24.3 Å². The highest BCUT2D eigenvalue weighted by Crippen LogP contribution is 2.25. The van der Waals surface area contributed by atoms with Gasteiger partial charge in [-0.05, 0) is 43.3 Å². The molecule has 9 heteroatoms. The summed E-state index contributed by atoms with van der Waals surface area (Å²) in [6, 6.07) is 15.1. The molecule has 3 amide bonds. The van der Waals surface area contributed by atoms with E-state index in [-0.39, 0.29) is 11.7 Å². The van der Waals surface area contributed by atoms with Gasteiger partial charge < -0.3 is 15.1 Å². The van der Waals surface area contributed by atoms with Gasteiger partial charge in [0, 0.05) is 37.6 Å². The highest BCUT2D eigenvalue weighted by molar-refractivity contribution is 7.17. The van der Waals surface area contributed by atoms with E-state index in [1.807, 2.05) is 23.1 Å². The number of nitrogens with one attached hydrogen (secondary N) is 2. The maximum atomic E-state index is 13.0. The van der Waals surface area contributed by atoms with E-state index in [2.05, 4.69) is 32.7 Å². The number of aromatic nitrogens is 1. The first-order chi connectivity index (χ1) is 15.0. The molecule has 0 radical (unpaired) electrons. The van der Waals surface area contributed by atoms with Crippen molar-refractivity contribution in [2.24, 2.45) is 0 Å². The Morgan fingerprint density at radius 3 is 2.32 bits per heavy atom. The highest BCUT2D eigenvalue weighted by atomic mass is 32.1. The maximum Gasteiger partial charge on any atom is 0.325 e. The van der Waals surface area contributed by atoms with Gasteiger partial charge in [0.15, 0.2) is 5.13 Å². The van der Waals surface area contributed by atoms with Gasteiger partial charge in [-0.1, -0.05) is 29.5 Å². The minimum atomic E-state index is -0.504. The van der Waals surface area contributed by atoms with Gasteiger partial charge in [0.25, 0.3) is 5.91 Å². The van der Waals surface area contributed by atoms with Crippen LogP contribution in [-0.2, 0) is 0 Å². The van der Waals surface area contributed by atoms with Crippen LogP contribution in [0.2, 0.25) is 0 Å². The van der Waals surface area contributed by atoms with E-state index in [0.29, 0.717) is 34.5 Å². The number of aryl methyl sites for hydroxylation is 1. The third-order valence-electron chi connectivity index (χ3n) is 5.00. The molecule has 31 heavy (non-hydrogen) atoms. The van der Waals surface area contributed by atoms with E-state index in [4.69, 9.17) is 0 Å². The molecule has 3 aromatic rings. The Labute approximate surface area is 183 Å². The van der Waals surface area contributed by atoms with Crippen molar-refractivity contribution < 1.29 is 14.0 Å². The summed E-state index contributed by atoms with van der Waals surface area (Å²) in [5.41, 5.74) is 2.19. The van der Waals surface area contributed by atoms with Crippen molar-refractivity contribution in [2.75, 3.05) is 41.7 Å². The second-order valence-electron chi connectivity index (χ2n) is 7.13. The molecule has 160 valence electrons. The number of hydrogen-bond acceptors (Lipinski definition) is 5. The van der Waals surface area contributed by atoms with Crippen molar-refractivity contribution in [1.29, 1.82) is 0 Å². The molecule has 1 aliphatic rings. The third kappa shape index (κ3) is 5.00. The topological polar surface area (TPSA) is 77.6 Å². The van der Waals surface area contributed by atoms with Gasteiger partial charge in [-0.2, -0.15) is 0 Å². The number of amides is 3. The number of halogens is 1. The van der Waals surface area contributed by atoms with Crippen LogP contribution in [0.5, 0.6) is 0 Å². The van der Waals surface area contributed by atoms with E-state index in [0.717, 1.165) is 30.1 Å². The zero-order valence-corrected chi connectivity index (χ0v) is 17.8. The molecule has 0 spiro atoms. The summed E-state index contributed by atoms with van der Waals surface area (Å²) in [7, 11) is 0. The van der Waals surface area contributed by atoms with Crippen molar-refractivity contribution in [2.45, 2.75) is 6.92 Å². The minimum Gasteiger partial charge on any atom is -0.368 e. The lowest BCUT2D eigenvalue weighted by molar-refractivity contribution is 0.0750. The predicted molar refractivity (Wildman–Crippen MR) is 120 cm³/mol. The average Bonchev–Trinajstić information content (AvgIpc) is 3.15. The number of piperazine rings is 1. The zero-order valence-electron chi connectivity index (χ0n) is 17.0. The Hall–Kier alpha value is -3.46. The Kier molecular flexibility index (Phi) is 6.13. The first-order valence-electron chi connectivity index (χ1n) is 9.90. The number of nitrogens with zero attached hydrogens (tertiary/aromatic N) is 3. The summed E-state index contributed by atoms with van der Waals surface area (Å²) in [5, 5.41) is 5.58. The van der Waals surface area contributed by atoms with Crippen molar-refractivity contribution in [3.05, 3.63) is 71.0 Å². The quantitative estimate of drug-likeness (QED) is 0.639. The smallest absolute Gasteiger partial charge is 0.325 e. The summed E-state index contributed by atoms with van der Waals surface area (Å²) in [6.45, 7) is 4.53. The molecule has 1 fully saturated rings. The number of carbonyl (C=O) groups excluding carboxylic acids is 2. The van der Waals surface area contributed by atoms with Crippen LogP contribution in [0, 0.1) is 12.7 Å². The summed E-state index contributed by atoms with van der Waals surface area (Å²) in [5.74, 6) is -0.455. The standard InChI is InChI=1S/C22H22FN5O2S/c1-15-19(20(29)28-13-11-27(12-14-28)18-5-3-2-4-6-18)31-22(24-15)26-21(30)25-17-9-7-16(23)8-10-17/h2-10H,11-14H2,1H3,(H2,24,25,26,30). The Balaban J connectivity index is 1.35. The predicted octanol–water partition coefficient (Wildman–Crippen LogP) is 4.20. The maximum absolute atomic E-state index is 13.0. The Morgan fingerprint density at radius 1 is 0.968 bits per heavy atom. The Morgan fingerprint density at radius 2 is 1.65 bits per heavy atom. The van der Waals surface area contributed by atoms with Crippen LogP contribution in [0.3, 0.4) is 0 Å². The fourth-order valence-corrected chi connectivity index (χ4v) is 4.32. The lowest BCUT2D eigenvalue weighted by Gasteiger charge is -2.36. The number of hydrogen-bond donors (Lipinski definition) is 2. The molecule has 0 bridgehead atoms. The monoisotopic (exact) mass is 439 g/mol. The number of thiazole rings is 1. The number of carbonyl (C=O) groups is 2. The van der Waals surface area contributed by atoms with Crippen LogP contribution in [-0.4, -0.2) is 48.0 Å². The zero-order chi connectivity index (χ0) is 21.8. The first kappa shape index (κ1) is 20.8. The van der Waals surface area contributed by atoms with Crippen molar-refractivity contribution in [1.82, 2.24) is 9.88 Å². The number of para-hydroxylation sites is 1. The number of anilines is 3. The molecule has 0 unspecified atom stereocenters. The van der Waals surface area contributed by atoms with Gasteiger partial charge in [0.2, 0.25) is 0 Å². The van der Waals surface area contributed by atoms with Gasteiger partial charge in [-0.3, -0.25) is 10.1 Å². The molecule has 2 aromatic carbocycles. The van der Waals surface area contributed by atoms with E-state index >= 15 is 0 Å². The highest BCUT2D eigenvalue weighted by Gasteiger charge is 2.26. The van der Waals surface area contributed by atoms with Crippen LogP contribution in [0.1, 0.15) is 15.4 Å². The summed E-state index contributed by atoms with van der Waals surface area (Å²) >= 11 is 1.15. The molecule has 2 N–H and O–H groups in total. The average molecular weight is 440 g/mol. The fraction of sp³-hybridized carbons (Fsp3) is 0.227. The lowest BCUT2D eigenvalue weighted by atomic mass is 10.2. The van der Waals surface area contributed by atoms with Gasteiger partial charge >= 0.3 is 6.03 Å². The molecule has 0 atom stereocenters. The largest absolute Gasteiger partial charge is 0.368 e. The molecule has 7 nitrogen and oxygen atoms in total. The normalized spacial score (nSPS) is 13.7. The Bertz CT molecular complexity index is 1060. The first-order valence-corrected chi connectivity index (χ1v) is 10.7. The van der Waals surface area contributed by atoms with Crippen LogP contribution in [0.25, 0.3) is 0 Å². The molecule has 1 aromatic heterocycles. The van der Waals surface area contributed by atoms with Crippen molar-refractivity contribution in [3.8, 4) is 0 Å². The fourth-order valence-electron chi connectivity index (χ4n) is 3.39. The van der Waals surface area contributed by atoms with Crippen molar-refractivity contribution >= 4 is 39.8 Å². The van der Waals surface area contributed by atoms with Gasteiger partial charge in [0.05, 0.1) is 5.69 Å². The van der Waals surface area contributed by atoms with Crippen LogP contribution < -0.4 is 15.5 Å². The van der Waals surface area contributed by atoms with E-state index in [9.17, 15) is 14.0 Å². The lowest BCUT2D eigenvalue weighted by Crippen LogP contribution is -2.48. The summed E-state index contributed by atoms with van der Waals surface area (Å²) < 4.78 is 13.0. The third-order valence-corrected chi connectivity index (χ3v) is 6.06. The van der Waals surface area contributed by atoms with E-state index < -0.39 is 6.03 Å². The van der Waals surface area contributed by atoms with Gasteiger partial charge in [0.1, 0.15) is 10.7 Å². The second-order valence-corrected chi connectivity index (χ2v) is 8.13. The second kappa shape index (κ2) is 9.13. The van der Waals surface area contributed by atoms with Crippen LogP contribution in [0.4, 0.5) is 25.7 Å². The van der Waals surface area contributed by atoms with Crippen molar-refractivity contribution in [3.63, 3.8) is 0 Å². The van der Waals surface area contributed by atoms with Gasteiger partial charge in [-0.25, -0.2) is 14.2 Å². The molecular formula is C22H22FN5O2S.